The van der Waals surface area contributed by atoms with E-state index in [9.17, 15) is 9.90 Å². The summed E-state index contributed by atoms with van der Waals surface area (Å²) in [5.41, 5.74) is 0. The molecule has 4 aliphatic heterocycles. The summed E-state index contributed by atoms with van der Waals surface area (Å²) in [6.45, 7) is 12.1. The molecule has 10 atom stereocenters. The molecule has 10 nitrogen and oxygen atoms in total. The number of esters is 1. The SMILES string of the molecule is CC(=O)O[C@@H]1[C@H](O[C@H]2[C@@H]3OC(C)(C)O[C@@H]3[C@H](C)O[C@H]2O)O[C@@H](C)[C@H]2OC(C)(C)O[C@@H]12. The van der Waals surface area contributed by atoms with Crippen molar-refractivity contribution in [3.8, 4) is 0 Å². The summed E-state index contributed by atoms with van der Waals surface area (Å²) in [4.78, 5) is 11.8. The fraction of sp³-hybridized carbons (Fsp3) is 0.950. The van der Waals surface area contributed by atoms with E-state index in [0.717, 1.165) is 0 Å². The summed E-state index contributed by atoms with van der Waals surface area (Å²) in [6, 6.07) is 0. The van der Waals surface area contributed by atoms with Crippen LogP contribution in [0.25, 0.3) is 0 Å². The number of ether oxygens (including phenoxy) is 8. The van der Waals surface area contributed by atoms with Gasteiger partial charge in [-0.25, -0.2) is 0 Å². The van der Waals surface area contributed by atoms with Gasteiger partial charge in [0.2, 0.25) is 0 Å². The van der Waals surface area contributed by atoms with Gasteiger partial charge in [0.25, 0.3) is 0 Å². The average Bonchev–Trinajstić information content (AvgIpc) is 3.10. The number of hydrogen-bond acceptors (Lipinski definition) is 10. The maximum Gasteiger partial charge on any atom is 0.303 e. The van der Waals surface area contributed by atoms with Crippen molar-refractivity contribution in [2.24, 2.45) is 0 Å². The third-order valence-corrected chi connectivity index (χ3v) is 5.75. The molecule has 4 heterocycles. The zero-order chi connectivity index (χ0) is 22.0. The highest BCUT2D eigenvalue weighted by Gasteiger charge is 2.59. The molecule has 0 aromatic carbocycles. The number of carbonyl (C=O) groups excluding carboxylic acids is 1. The smallest absolute Gasteiger partial charge is 0.303 e. The molecule has 0 aromatic heterocycles. The lowest BCUT2D eigenvalue weighted by Crippen LogP contribution is -2.62. The van der Waals surface area contributed by atoms with Crippen LogP contribution in [-0.4, -0.2) is 84.1 Å². The Morgan fingerprint density at radius 1 is 0.800 bits per heavy atom. The Bertz CT molecular complexity index is 666. The van der Waals surface area contributed by atoms with Crippen molar-refractivity contribution < 1.29 is 47.8 Å². The molecule has 4 fully saturated rings. The fourth-order valence-electron chi connectivity index (χ4n) is 4.65. The van der Waals surface area contributed by atoms with Gasteiger partial charge in [-0.3, -0.25) is 4.79 Å². The molecular formula is C20H32O10. The van der Waals surface area contributed by atoms with Gasteiger partial charge < -0.3 is 43.0 Å². The molecule has 0 saturated carbocycles. The number of fused-ring (bicyclic) bond motifs is 2. The van der Waals surface area contributed by atoms with Gasteiger partial charge in [-0.2, -0.15) is 0 Å². The highest BCUT2D eigenvalue weighted by Crippen LogP contribution is 2.42. The van der Waals surface area contributed by atoms with Gasteiger partial charge in [-0.15, -0.1) is 0 Å². The molecule has 172 valence electrons. The predicted octanol–water partition coefficient (Wildman–Crippen LogP) is 0.825. The van der Waals surface area contributed by atoms with E-state index in [4.69, 9.17) is 37.9 Å². The lowest BCUT2D eigenvalue weighted by molar-refractivity contribution is -0.341. The first kappa shape index (κ1) is 22.3. The van der Waals surface area contributed by atoms with E-state index < -0.39 is 72.9 Å². The molecule has 1 N–H and O–H groups in total. The molecule has 0 aliphatic carbocycles. The highest BCUT2D eigenvalue weighted by atomic mass is 16.8. The molecule has 4 rings (SSSR count). The maximum atomic E-state index is 11.8. The molecule has 0 radical (unpaired) electrons. The summed E-state index contributed by atoms with van der Waals surface area (Å²) in [6.07, 6.45) is -6.95. The molecule has 4 saturated heterocycles. The molecule has 10 heteroatoms. The van der Waals surface area contributed by atoms with Gasteiger partial charge >= 0.3 is 5.97 Å². The van der Waals surface area contributed by atoms with Crippen LogP contribution in [-0.2, 0) is 42.7 Å². The molecule has 0 spiro atoms. The molecule has 0 unspecified atom stereocenters. The molecule has 30 heavy (non-hydrogen) atoms. The van der Waals surface area contributed by atoms with Gasteiger partial charge in [-0.05, 0) is 41.5 Å². The zero-order valence-electron chi connectivity index (χ0n) is 18.4. The van der Waals surface area contributed by atoms with Crippen LogP contribution in [0.5, 0.6) is 0 Å². The fourth-order valence-corrected chi connectivity index (χ4v) is 4.65. The van der Waals surface area contributed by atoms with Crippen molar-refractivity contribution in [1.29, 1.82) is 0 Å². The van der Waals surface area contributed by atoms with Gasteiger partial charge in [0, 0.05) is 6.92 Å². The molecular weight excluding hydrogens is 400 g/mol. The Hall–Kier alpha value is -0.850. The van der Waals surface area contributed by atoms with E-state index in [1.54, 1.807) is 34.6 Å². The van der Waals surface area contributed by atoms with Crippen LogP contribution in [0.3, 0.4) is 0 Å². The van der Waals surface area contributed by atoms with Crippen molar-refractivity contribution in [3.63, 3.8) is 0 Å². The first-order valence-electron chi connectivity index (χ1n) is 10.4. The largest absolute Gasteiger partial charge is 0.454 e. The Labute approximate surface area is 176 Å². The molecule has 0 amide bonds. The van der Waals surface area contributed by atoms with E-state index in [1.807, 2.05) is 6.92 Å². The normalized spacial score (nSPS) is 49.3. The van der Waals surface area contributed by atoms with E-state index >= 15 is 0 Å². The Kier molecular flexibility index (Phi) is 5.68. The monoisotopic (exact) mass is 432 g/mol. The van der Waals surface area contributed by atoms with Gasteiger partial charge in [0.15, 0.2) is 30.3 Å². The van der Waals surface area contributed by atoms with E-state index in [0.29, 0.717) is 0 Å². The first-order valence-corrected chi connectivity index (χ1v) is 10.4. The molecule has 0 aromatic rings. The zero-order valence-corrected chi connectivity index (χ0v) is 18.4. The van der Waals surface area contributed by atoms with Crippen molar-refractivity contribution >= 4 is 5.97 Å². The first-order chi connectivity index (χ1) is 13.9. The Morgan fingerprint density at radius 2 is 1.27 bits per heavy atom. The van der Waals surface area contributed by atoms with Crippen LogP contribution in [0.4, 0.5) is 0 Å². The summed E-state index contributed by atoms with van der Waals surface area (Å²) in [7, 11) is 0. The minimum absolute atomic E-state index is 0.390. The summed E-state index contributed by atoms with van der Waals surface area (Å²) >= 11 is 0. The van der Waals surface area contributed by atoms with Crippen LogP contribution in [0.1, 0.15) is 48.5 Å². The Morgan fingerprint density at radius 3 is 1.80 bits per heavy atom. The standard InChI is InChI=1S/C20H32O10/c1-8-11-13(29-19(4,5)27-11)15(17(22)23-8)26-18-16(25-10(3)21)14-12(9(2)24-18)28-20(6,7)30-14/h8-9,11-18,22H,1-7H3/t8-,9-,11+,12+,13+,14+,15-,16-,17+,18-/m0/s1. The van der Waals surface area contributed by atoms with Crippen LogP contribution in [0.15, 0.2) is 0 Å². The predicted molar refractivity (Wildman–Crippen MR) is 99.0 cm³/mol. The van der Waals surface area contributed by atoms with Crippen LogP contribution < -0.4 is 0 Å². The van der Waals surface area contributed by atoms with Crippen molar-refractivity contribution in [2.45, 2.75) is 121 Å². The number of carbonyl (C=O) groups is 1. The van der Waals surface area contributed by atoms with Gasteiger partial charge in [-0.1, -0.05) is 0 Å². The maximum absolute atomic E-state index is 11.8. The average molecular weight is 432 g/mol. The van der Waals surface area contributed by atoms with E-state index in [1.165, 1.54) is 6.92 Å². The Balaban J connectivity index is 1.58. The lowest BCUT2D eigenvalue weighted by atomic mass is 9.98. The quantitative estimate of drug-likeness (QED) is 0.644. The third-order valence-electron chi connectivity index (χ3n) is 5.75. The van der Waals surface area contributed by atoms with Crippen LogP contribution in [0, 0.1) is 0 Å². The number of aliphatic hydroxyl groups is 1. The third kappa shape index (κ3) is 4.12. The van der Waals surface area contributed by atoms with Crippen molar-refractivity contribution in [3.05, 3.63) is 0 Å². The highest BCUT2D eigenvalue weighted by molar-refractivity contribution is 5.66. The topological polar surface area (TPSA) is 111 Å². The lowest BCUT2D eigenvalue weighted by Gasteiger charge is -2.44. The minimum Gasteiger partial charge on any atom is -0.454 e. The second-order valence-corrected chi connectivity index (χ2v) is 9.25. The minimum atomic E-state index is -1.27. The van der Waals surface area contributed by atoms with E-state index in [-0.39, 0.29) is 6.10 Å². The number of hydrogen-bond donors (Lipinski definition) is 1. The summed E-state index contributed by atoms with van der Waals surface area (Å²) in [5.74, 6) is -2.22. The number of aliphatic hydroxyl groups excluding tert-OH is 1. The summed E-state index contributed by atoms with van der Waals surface area (Å²) < 4.78 is 47.2. The number of rotatable bonds is 3. The van der Waals surface area contributed by atoms with Gasteiger partial charge in [0.05, 0.1) is 12.2 Å². The van der Waals surface area contributed by atoms with Crippen molar-refractivity contribution in [1.82, 2.24) is 0 Å². The van der Waals surface area contributed by atoms with Crippen LogP contribution in [0.2, 0.25) is 0 Å². The second-order valence-electron chi connectivity index (χ2n) is 9.25. The summed E-state index contributed by atoms with van der Waals surface area (Å²) in [5, 5.41) is 10.6. The van der Waals surface area contributed by atoms with Gasteiger partial charge in [0.1, 0.15) is 30.5 Å². The second kappa shape index (κ2) is 7.63. The van der Waals surface area contributed by atoms with Crippen molar-refractivity contribution in [2.75, 3.05) is 0 Å². The molecule has 4 aliphatic rings. The van der Waals surface area contributed by atoms with Crippen LogP contribution >= 0.6 is 0 Å². The molecule has 0 bridgehead atoms. The van der Waals surface area contributed by atoms with E-state index in [2.05, 4.69) is 0 Å².